The number of carboxylic acid groups (broad SMARTS) is 1. The maximum atomic E-state index is 10.9. The van der Waals surface area contributed by atoms with E-state index >= 15 is 0 Å². The average Bonchev–Trinajstić information content (AvgIpc) is 2.26. The number of methoxy groups -OCH3 is 1. The highest BCUT2D eigenvalue weighted by molar-refractivity contribution is 5.71. The van der Waals surface area contributed by atoms with Crippen LogP contribution in [0.1, 0.15) is 25.3 Å². The van der Waals surface area contributed by atoms with Crippen molar-refractivity contribution in [2.75, 3.05) is 7.11 Å². The van der Waals surface area contributed by atoms with E-state index < -0.39 is 11.9 Å². The van der Waals surface area contributed by atoms with Crippen molar-refractivity contribution in [3.05, 3.63) is 29.8 Å². The molecule has 82 valence electrons. The van der Waals surface area contributed by atoms with Gasteiger partial charge < -0.3 is 9.84 Å². The SMILES string of the molecule is COc1ccccc1C(C)C(C)C(=O)O. The first-order valence-electron chi connectivity index (χ1n) is 4.93. The lowest BCUT2D eigenvalue weighted by atomic mass is 9.88. The molecule has 0 heterocycles. The van der Waals surface area contributed by atoms with E-state index in [1.165, 1.54) is 0 Å². The fourth-order valence-electron chi connectivity index (χ4n) is 1.53. The van der Waals surface area contributed by atoms with Crippen LogP contribution in [0.5, 0.6) is 5.75 Å². The number of benzene rings is 1. The van der Waals surface area contributed by atoms with Gasteiger partial charge >= 0.3 is 5.97 Å². The molecule has 1 aromatic rings. The van der Waals surface area contributed by atoms with Crippen molar-refractivity contribution in [3.63, 3.8) is 0 Å². The summed E-state index contributed by atoms with van der Waals surface area (Å²) in [6.45, 7) is 3.61. The number of hydrogen-bond donors (Lipinski definition) is 1. The third-order valence-electron chi connectivity index (χ3n) is 2.77. The van der Waals surface area contributed by atoms with Crippen LogP contribution in [-0.4, -0.2) is 18.2 Å². The summed E-state index contributed by atoms with van der Waals surface area (Å²) in [6, 6.07) is 7.52. The predicted octanol–water partition coefficient (Wildman–Crippen LogP) is 2.52. The molecule has 3 heteroatoms. The van der Waals surface area contributed by atoms with E-state index in [0.717, 1.165) is 11.3 Å². The highest BCUT2D eigenvalue weighted by Gasteiger charge is 2.23. The molecule has 2 atom stereocenters. The monoisotopic (exact) mass is 208 g/mol. The third-order valence-corrected chi connectivity index (χ3v) is 2.77. The molecule has 0 aliphatic rings. The Hall–Kier alpha value is -1.51. The van der Waals surface area contributed by atoms with Crippen molar-refractivity contribution in [3.8, 4) is 5.75 Å². The molecule has 0 amide bonds. The van der Waals surface area contributed by atoms with Gasteiger partial charge in [0.1, 0.15) is 5.75 Å². The van der Waals surface area contributed by atoms with Gasteiger partial charge in [0.25, 0.3) is 0 Å². The number of carbonyl (C=O) groups is 1. The second-order valence-corrected chi connectivity index (χ2v) is 3.66. The molecule has 0 saturated heterocycles. The van der Waals surface area contributed by atoms with Gasteiger partial charge in [-0.2, -0.15) is 0 Å². The van der Waals surface area contributed by atoms with Crippen molar-refractivity contribution in [1.82, 2.24) is 0 Å². The van der Waals surface area contributed by atoms with Gasteiger partial charge in [-0.05, 0) is 17.5 Å². The minimum Gasteiger partial charge on any atom is -0.496 e. The normalized spacial score (nSPS) is 14.3. The van der Waals surface area contributed by atoms with Crippen molar-refractivity contribution < 1.29 is 14.6 Å². The largest absolute Gasteiger partial charge is 0.496 e. The number of para-hydroxylation sites is 1. The van der Waals surface area contributed by atoms with E-state index in [2.05, 4.69) is 0 Å². The fourth-order valence-corrected chi connectivity index (χ4v) is 1.53. The Morgan fingerprint density at radius 3 is 2.47 bits per heavy atom. The third kappa shape index (κ3) is 2.49. The second-order valence-electron chi connectivity index (χ2n) is 3.66. The Balaban J connectivity index is 2.99. The van der Waals surface area contributed by atoms with Gasteiger partial charge in [0.2, 0.25) is 0 Å². The summed E-state index contributed by atoms with van der Waals surface area (Å²) in [7, 11) is 1.59. The zero-order valence-corrected chi connectivity index (χ0v) is 9.23. The topological polar surface area (TPSA) is 46.5 Å². The summed E-state index contributed by atoms with van der Waals surface area (Å²) < 4.78 is 5.20. The fraction of sp³-hybridized carbons (Fsp3) is 0.417. The molecule has 15 heavy (non-hydrogen) atoms. The molecule has 1 N–H and O–H groups in total. The van der Waals surface area contributed by atoms with Gasteiger partial charge in [-0.15, -0.1) is 0 Å². The molecule has 0 spiro atoms. The van der Waals surface area contributed by atoms with Gasteiger partial charge in [0.05, 0.1) is 13.0 Å². The minimum absolute atomic E-state index is 0.0568. The van der Waals surface area contributed by atoms with E-state index in [4.69, 9.17) is 9.84 Å². The van der Waals surface area contributed by atoms with Gasteiger partial charge in [-0.3, -0.25) is 4.79 Å². The summed E-state index contributed by atoms with van der Waals surface area (Å²) in [4.78, 5) is 10.9. The Labute approximate surface area is 89.7 Å². The minimum atomic E-state index is -0.784. The van der Waals surface area contributed by atoms with E-state index in [-0.39, 0.29) is 5.92 Å². The van der Waals surface area contributed by atoms with Gasteiger partial charge in [0.15, 0.2) is 0 Å². The average molecular weight is 208 g/mol. The first-order valence-corrected chi connectivity index (χ1v) is 4.93. The molecule has 1 aromatic carbocycles. The summed E-state index contributed by atoms with van der Waals surface area (Å²) in [6.07, 6.45) is 0. The Bertz CT molecular complexity index is 346. The van der Waals surface area contributed by atoms with Crippen molar-refractivity contribution in [1.29, 1.82) is 0 Å². The van der Waals surface area contributed by atoms with Crippen molar-refractivity contribution >= 4 is 5.97 Å². The molecule has 0 fully saturated rings. The smallest absolute Gasteiger partial charge is 0.306 e. The number of ether oxygens (including phenoxy) is 1. The van der Waals surface area contributed by atoms with Crippen LogP contribution in [0.4, 0.5) is 0 Å². The molecule has 1 rings (SSSR count). The first-order chi connectivity index (χ1) is 7.07. The lowest BCUT2D eigenvalue weighted by Crippen LogP contribution is -2.17. The second kappa shape index (κ2) is 4.82. The Kier molecular flexibility index (Phi) is 3.72. The molecule has 0 bridgehead atoms. The van der Waals surface area contributed by atoms with Crippen molar-refractivity contribution in [2.45, 2.75) is 19.8 Å². The highest BCUT2D eigenvalue weighted by Crippen LogP contribution is 2.31. The predicted molar refractivity (Wildman–Crippen MR) is 58.2 cm³/mol. The maximum absolute atomic E-state index is 10.9. The van der Waals surface area contributed by atoms with Crippen LogP contribution in [-0.2, 0) is 4.79 Å². The van der Waals surface area contributed by atoms with Crippen LogP contribution in [0.2, 0.25) is 0 Å². The summed E-state index contributed by atoms with van der Waals surface area (Å²) >= 11 is 0. The molecule has 0 radical (unpaired) electrons. The van der Waals surface area contributed by atoms with E-state index in [0.29, 0.717) is 0 Å². The van der Waals surface area contributed by atoms with Crippen LogP contribution >= 0.6 is 0 Å². The number of hydrogen-bond acceptors (Lipinski definition) is 2. The molecule has 2 unspecified atom stereocenters. The highest BCUT2D eigenvalue weighted by atomic mass is 16.5. The Morgan fingerprint density at radius 2 is 1.93 bits per heavy atom. The van der Waals surface area contributed by atoms with Crippen molar-refractivity contribution in [2.24, 2.45) is 5.92 Å². The van der Waals surface area contributed by atoms with E-state index in [1.807, 2.05) is 31.2 Å². The van der Waals surface area contributed by atoms with Crippen LogP contribution in [0.3, 0.4) is 0 Å². The van der Waals surface area contributed by atoms with Gasteiger partial charge in [-0.1, -0.05) is 32.0 Å². The molecule has 0 aliphatic carbocycles. The molecular weight excluding hydrogens is 192 g/mol. The summed E-state index contributed by atoms with van der Waals surface area (Å²) in [5.74, 6) is -0.508. The molecule has 0 saturated carbocycles. The van der Waals surface area contributed by atoms with E-state index in [1.54, 1.807) is 14.0 Å². The summed E-state index contributed by atoms with van der Waals surface area (Å²) in [5, 5.41) is 8.94. The summed E-state index contributed by atoms with van der Waals surface area (Å²) in [5.41, 5.74) is 0.940. The molecular formula is C12H16O3. The first kappa shape index (κ1) is 11.6. The quantitative estimate of drug-likeness (QED) is 0.827. The molecule has 0 aliphatic heterocycles. The lowest BCUT2D eigenvalue weighted by molar-refractivity contribution is -0.141. The zero-order chi connectivity index (χ0) is 11.4. The standard InChI is InChI=1S/C12H16O3/c1-8(9(2)12(13)14)10-6-4-5-7-11(10)15-3/h4-9H,1-3H3,(H,13,14). The van der Waals surface area contributed by atoms with Gasteiger partial charge in [-0.25, -0.2) is 0 Å². The number of carboxylic acids is 1. The maximum Gasteiger partial charge on any atom is 0.306 e. The van der Waals surface area contributed by atoms with Crippen LogP contribution in [0.15, 0.2) is 24.3 Å². The van der Waals surface area contributed by atoms with E-state index in [9.17, 15) is 4.79 Å². The van der Waals surface area contributed by atoms with Crippen LogP contribution in [0.25, 0.3) is 0 Å². The molecule has 0 aromatic heterocycles. The Morgan fingerprint density at radius 1 is 1.33 bits per heavy atom. The van der Waals surface area contributed by atoms with Gasteiger partial charge in [0, 0.05) is 0 Å². The molecule has 3 nitrogen and oxygen atoms in total. The lowest BCUT2D eigenvalue weighted by Gasteiger charge is -2.18. The van der Waals surface area contributed by atoms with Crippen LogP contribution < -0.4 is 4.74 Å². The van der Waals surface area contributed by atoms with Crippen LogP contribution in [0, 0.1) is 5.92 Å². The number of rotatable bonds is 4. The zero-order valence-electron chi connectivity index (χ0n) is 9.23. The number of aliphatic carboxylic acids is 1.